The molecule has 2 atom stereocenters. The number of carbonyl (C=O) groups excluding carboxylic acids is 2. The van der Waals surface area contributed by atoms with E-state index < -0.39 is 12.1 Å². The second-order valence-electron chi connectivity index (χ2n) is 24.6. The molecular formula is C72H139NO5. The van der Waals surface area contributed by atoms with Crippen molar-refractivity contribution in [2.45, 2.75) is 411 Å². The molecule has 0 fully saturated rings. The van der Waals surface area contributed by atoms with Crippen LogP contribution in [0.25, 0.3) is 0 Å². The van der Waals surface area contributed by atoms with Crippen LogP contribution in [0.5, 0.6) is 0 Å². The first-order valence-corrected chi connectivity index (χ1v) is 35.6. The molecule has 0 spiro atoms. The van der Waals surface area contributed by atoms with Gasteiger partial charge in [-0.05, 0) is 57.8 Å². The summed E-state index contributed by atoms with van der Waals surface area (Å²) in [7, 11) is 0. The van der Waals surface area contributed by atoms with Gasteiger partial charge in [-0.3, -0.25) is 9.59 Å². The highest BCUT2D eigenvalue weighted by Crippen LogP contribution is 2.19. The van der Waals surface area contributed by atoms with Gasteiger partial charge in [0, 0.05) is 12.8 Å². The molecule has 0 saturated carbocycles. The molecule has 0 aliphatic carbocycles. The maximum absolute atomic E-state index is 12.5. The number of nitrogens with one attached hydrogen (secondary N) is 1. The minimum Gasteiger partial charge on any atom is -0.466 e. The van der Waals surface area contributed by atoms with Crippen LogP contribution in [-0.2, 0) is 14.3 Å². The van der Waals surface area contributed by atoms with E-state index in [0.717, 1.165) is 44.9 Å². The van der Waals surface area contributed by atoms with E-state index in [1.807, 2.05) is 0 Å². The quantitative estimate of drug-likeness (QED) is 0.0320. The number of amides is 1. The molecule has 0 bridgehead atoms. The Balaban J connectivity index is 3.40. The Hall–Kier alpha value is -1.66. The van der Waals surface area contributed by atoms with Crippen molar-refractivity contribution < 1.29 is 24.5 Å². The highest BCUT2D eigenvalue weighted by molar-refractivity contribution is 5.76. The van der Waals surface area contributed by atoms with Crippen LogP contribution in [0.1, 0.15) is 399 Å². The van der Waals surface area contributed by atoms with Crippen LogP contribution in [0, 0.1) is 0 Å². The summed E-state index contributed by atoms with van der Waals surface area (Å²) in [4.78, 5) is 24.6. The van der Waals surface area contributed by atoms with E-state index in [1.165, 1.54) is 321 Å². The molecule has 6 heteroatoms. The van der Waals surface area contributed by atoms with Crippen molar-refractivity contribution in [3.05, 3.63) is 24.3 Å². The van der Waals surface area contributed by atoms with Gasteiger partial charge in [-0.15, -0.1) is 0 Å². The molecule has 0 aromatic carbocycles. The Labute approximate surface area is 488 Å². The predicted octanol–water partition coefficient (Wildman–Crippen LogP) is 22.9. The first-order chi connectivity index (χ1) is 38.5. The molecular weight excluding hydrogens is 959 g/mol. The van der Waals surface area contributed by atoms with Crippen molar-refractivity contribution in [2.24, 2.45) is 0 Å². The zero-order chi connectivity index (χ0) is 56.4. The van der Waals surface area contributed by atoms with E-state index in [2.05, 4.69) is 43.5 Å². The number of aliphatic hydroxyl groups is 2. The second kappa shape index (κ2) is 67.8. The van der Waals surface area contributed by atoms with E-state index in [-0.39, 0.29) is 18.5 Å². The summed E-state index contributed by atoms with van der Waals surface area (Å²) in [5.41, 5.74) is 0. The Morgan fingerprint density at radius 3 is 0.974 bits per heavy atom. The molecule has 0 aliphatic rings. The summed E-state index contributed by atoms with van der Waals surface area (Å²) in [6.45, 7) is 4.99. The van der Waals surface area contributed by atoms with Crippen LogP contribution in [0.15, 0.2) is 24.3 Å². The molecule has 0 aromatic heterocycles. The Morgan fingerprint density at radius 2 is 0.641 bits per heavy atom. The van der Waals surface area contributed by atoms with Gasteiger partial charge in [0.1, 0.15) is 0 Å². The number of rotatable bonds is 67. The number of carbonyl (C=O) groups is 2. The number of hydrogen-bond acceptors (Lipinski definition) is 5. The molecule has 0 aliphatic heterocycles. The number of hydrogen-bond donors (Lipinski definition) is 3. The first-order valence-electron chi connectivity index (χ1n) is 35.6. The number of esters is 1. The van der Waals surface area contributed by atoms with Gasteiger partial charge in [0.2, 0.25) is 5.91 Å². The number of unbranched alkanes of at least 4 members (excludes halogenated alkanes) is 52. The van der Waals surface area contributed by atoms with Gasteiger partial charge in [0.25, 0.3) is 0 Å². The lowest BCUT2D eigenvalue weighted by molar-refractivity contribution is -0.143. The molecule has 0 radical (unpaired) electrons. The summed E-state index contributed by atoms with van der Waals surface area (Å²) >= 11 is 0. The average molecular weight is 1100 g/mol. The topological polar surface area (TPSA) is 95.9 Å². The van der Waals surface area contributed by atoms with Crippen LogP contribution in [0.4, 0.5) is 0 Å². The lowest BCUT2D eigenvalue weighted by atomic mass is 10.0. The molecule has 78 heavy (non-hydrogen) atoms. The number of allylic oxidation sites excluding steroid dienone is 4. The first kappa shape index (κ1) is 76.3. The molecule has 0 aromatic rings. The molecule has 0 saturated heterocycles. The maximum Gasteiger partial charge on any atom is 0.305 e. The van der Waals surface area contributed by atoms with E-state index >= 15 is 0 Å². The highest BCUT2D eigenvalue weighted by atomic mass is 16.5. The van der Waals surface area contributed by atoms with E-state index in [1.54, 1.807) is 0 Å². The molecule has 2 unspecified atom stereocenters. The number of aliphatic hydroxyl groups excluding tert-OH is 2. The Bertz CT molecular complexity index is 1220. The summed E-state index contributed by atoms with van der Waals surface area (Å²) < 4.78 is 5.50. The molecule has 3 N–H and O–H groups in total. The summed E-state index contributed by atoms with van der Waals surface area (Å²) in [5.74, 6) is -0.0195. The summed E-state index contributed by atoms with van der Waals surface area (Å²) in [6.07, 6.45) is 85.1. The van der Waals surface area contributed by atoms with Gasteiger partial charge in [-0.1, -0.05) is 353 Å². The average Bonchev–Trinajstić information content (AvgIpc) is 3.44. The van der Waals surface area contributed by atoms with Gasteiger partial charge in [0.15, 0.2) is 0 Å². The van der Waals surface area contributed by atoms with Gasteiger partial charge >= 0.3 is 5.97 Å². The Kier molecular flexibility index (Phi) is 66.4. The standard InChI is InChI=1S/C72H139NO5/c1-3-5-7-9-11-13-15-17-19-21-33-36-40-44-48-52-56-60-64-70(75)69(68-74)73-71(76)65-61-57-53-49-45-41-37-34-31-29-27-25-23-22-24-26-28-30-32-35-39-43-47-51-55-59-63-67-78-72(77)66-62-58-54-50-46-42-38-20-18-16-14-12-10-8-6-4-2/h22-23,26,28,69-70,74-75H,3-21,24-25,27,29-68H2,1-2H3,(H,73,76)/b23-22-,28-26-. The normalized spacial score (nSPS) is 12.6. The smallest absolute Gasteiger partial charge is 0.305 e. The lowest BCUT2D eigenvalue weighted by Gasteiger charge is -2.22. The summed E-state index contributed by atoms with van der Waals surface area (Å²) in [6, 6.07) is -0.544. The molecule has 0 heterocycles. The van der Waals surface area contributed by atoms with Crippen molar-refractivity contribution in [1.82, 2.24) is 5.32 Å². The third kappa shape index (κ3) is 63.5. The fourth-order valence-electron chi connectivity index (χ4n) is 11.3. The molecule has 462 valence electrons. The van der Waals surface area contributed by atoms with Crippen LogP contribution in [-0.4, -0.2) is 47.4 Å². The van der Waals surface area contributed by atoms with Crippen molar-refractivity contribution in [1.29, 1.82) is 0 Å². The lowest BCUT2D eigenvalue weighted by Crippen LogP contribution is -2.45. The zero-order valence-corrected chi connectivity index (χ0v) is 52.9. The van der Waals surface area contributed by atoms with Crippen molar-refractivity contribution in [3.8, 4) is 0 Å². The van der Waals surface area contributed by atoms with Crippen LogP contribution in [0.2, 0.25) is 0 Å². The highest BCUT2D eigenvalue weighted by Gasteiger charge is 2.20. The van der Waals surface area contributed by atoms with Gasteiger partial charge in [0.05, 0.1) is 25.4 Å². The minimum atomic E-state index is -0.667. The van der Waals surface area contributed by atoms with E-state index in [9.17, 15) is 19.8 Å². The fraction of sp³-hybridized carbons (Fsp3) is 0.917. The SMILES string of the molecule is CCCCCCCCCCCCCCCCCCCCC(O)C(CO)NC(=O)CCCCCCCCCCCCC/C=C\C/C=C\CCCCCCCCCCCOC(=O)CCCCCCCCCCCCCCCCCC. The Morgan fingerprint density at radius 1 is 0.359 bits per heavy atom. The van der Waals surface area contributed by atoms with Crippen LogP contribution in [0.3, 0.4) is 0 Å². The zero-order valence-electron chi connectivity index (χ0n) is 52.9. The minimum absolute atomic E-state index is 0.0149. The maximum atomic E-state index is 12.5. The molecule has 0 rings (SSSR count). The summed E-state index contributed by atoms with van der Waals surface area (Å²) in [5, 5.41) is 23.4. The third-order valence-corrected chi connectivity index (χ3v) is 16.8. The van der Waals surface area contributed by atoms with Crippen LogP contribution < -0.4 is 5.32 Å². The van der Waals surface area contributed by atoms with Crippen LogP contribution >= 0.6 is 0 Å². The fourth-order valence-corrected chi connectivity index (χ4v) is 11.3. The van der Waals surface area contributed by atoms with Gasteiger partial charge in [-0.25, -0.2) is 0 Å². The third-order valence-electron chi connectivity index (χ3n) is 16.8. The second-order valence-corrected chi connectivity index (χ2v) is 24.6. The van der Waals surface area contributed by atoms with Gasteiger partial charge in [-0.2, -0.15) is 0 Å². The van der Waals surface area contributed by atoms with Crippen molar-refractivity contribution >= 4 is 11.9 Å². The molecule has 1 amide bonds. The van der Waals surface area contributed by atoms with Crippen molar-refractivity contribution in [2.75, 3.05) is 13.2 Å². The van der Waals surface area contributed by atoms with E-state index in [4.69, 9.17) is 4.74 Å². The van der Waals surface area contributed by atoms with Crippen molar-refractivity contribution in [3.63, 3.8) is 0 Å². The molecule has 6 nitrogen and oxygen atoms in total. The largest absolute Gasteiger partial charge is 0.466 e. The van der Waals surface area contributed by atoms with Gasteiger partial charge < -0.3 is 20.3 Å². The predicted molar refractivity (Wildman–Crippen MR) is 343 cm³/mol. The monoisotopic (exact) mass is 1100 g/mol. The number of ether oxygens (including phenoxy) is 1. The van der Waals surface area contributed by atoms with E-state index in [0.29, 0.717) is 25.9 Å².